The summed E-state index contributed by atoms with van der Waals surface area (Å²) in [6.45, 7) is 2.23. The van der Waals surface area contributed by atoms with Gasteiger partial charge in [-0.1, -0.05) is 48.5 Å². The molecule has 1 aliphatic heterocycles. The van der Waals surface area contributed by atoms with Crippen LogP contribution in [0.3, 0.4) is 0 Å². The standard InChI is InChI=1S/C22H18N2/c1-3-9-19-15(7-1)17-11-12-18-16-8-2-4-10-20(16)24-14-6-5-13-23(19)21(17)22(18)24/h1-4,7-12H,5-6,13-14H2. The van der Waals surface area contributed by atoms with E-state index in [0.29, 0.717) is 0 Å². The Kier molecular flexibility index (Phi) is 2.33. The van der Waals surface area contributed by atoms with Crippen LogP contribution in [-0.4, -0.2) is 9.13 Å². The summed E-state index contributed by atoms with van der Waals surface area (Å²) in [4.78, 5) is 0. The van der Waals surface area contributed by atoms with Crippen molar-refractivity contribution >= 4 is 43.6 Å². The maximum atomic E-state index is 2.56. The Bertz CT molecular complexity index is 1150. The first-order valence-corrected chi connectivity index (χ1v) is 8.84. The Morgan fingerprint density at radius 3 is 1.46 bits per heavy atom. The zero-order valence-corrected chi connectivity index (χ0v) is 13.5. The molecule has 24 heavy (non-hydrogen) atoms. The minimum Gasteiger partial charge on any atom is -0.339 e. The summed E-state index contributed by atoms with van der Waals surface area (Å²) in [7, 11) is 0. The number of para-hydroxylation sites is 2. The van der Waals surface area contributed by atoms with Crippen molar-refractivity contribution in [1.82, 2.24) is 9.13 Å². The fourth-order valence-electron chi connectivity index (χ4n) is 4.68. The minimum absolute atomic E-state index is 1.12. The number of hydrogen-bond donors (Lipinski definition) is 0. The van der Waals surface area contributed by atoms with Crippen LogP contribution >= 0.6 is 0 Å². The van der Waals surface area contributed by atoms with Crippen LogP contribution in [0.15, 0.2) is 60.7 Å². The molecule has 0 N–H and O–H groups in total. The highest BCUT2D eigenvalue weighted by Crippen LogP contribution is 2.39. The van der Waals surface area contributed by atoms with E-state index in [1.54, 1.807) is 0 Å². The topological polar surface area (TPSA) is 9.86 Å². The number of rotatable bonds is 0. The Morgan fingerprint density at radius 2 is 0.958 bits per heavy atom. The van der Waals surface area contributed by atoms with Crippen LogP contribution in [0.4, 0.5) is 0 Å². The van der Waals surface area contributed by atoms with Crippen molar-refractivity contribution in [2.45, 2.75) is 25.9 Å². The molecule has 6 rings (SSSR count). The lowest BCUT2D eigenvalue weighted by Crippen LogP contribution is -2.06. The average molecular weight is 310 g/mol. The second-order valence-corrected chi connectivity index (χ2v) is 6.90. The molecule has 3 aromatic carbocycles. The number of aromatic nitrogens is 2. The lowest BCUT2D eigenvalue weighted by Gasteiger charge is -2.15. The molecule has 0 spiro atoms. The molecule has 0 bridgehead atoms. The fraction of sp³-hybridized carbons (Fsp3) is 0.182. The van der Waals surface area contributed by atoms with Gasteiger partial charge in [0.2, 0.25) is 0 Å². The van der Waals surface area contributed by atoms with Gasteiger partial charge < -0.3 is 9.13 Å². The molecule has 2 aromatic heterocycles. The molecule has 0 radical (unpaired) electrons. The van der Waals surface area contributed by atoms with Crippen LogP contribution in [0.1, 0.15) is 12.8 Å². The average Bonchev–Trinajstić information content (AvgIpc) is 3.10. The van der Waals surface area contributed by atoms with E-state index in [1.165, 1.54) is 56.5 Å². The second-order valence-electron chi connectivity index (χ2n) is 6.90. The molecule has 0 atom stereocenters. The van der Waals surface area contributed by atoms with Gasteiger partial charge in [-0.25, -0.2) is 0 Å². The fourth-order valence-corrected chi connectivity index (χ4v) is 4.68. The first kappa shape index (κ1) is 12.7. The summed E-state index contributed by atoms with van der Waals surface area (Å²) in [5.74, 6) is 0. The molecule has 0 unspecified atom stereocenters. The van der Waals surface area contributed by atoms with E-state index >= 15 is 0 Å². The van der Waals surface area contributed by atoms with Crippen molar-refractivity contribution in [3.8, 4) is 0 Å². The van der Waals surface area contributed by atoms with E-state index in [1.807, 2.05) is 0 Å². The van der Waals surface area contributed by atoms with E-state index in [9.17, 15) is 0 Å². The molecule has 3 heterocycles. The van der Waals surface area contributed by atoms with E-state index in [-0.39, 0.29) is 0 Å². The lowest BCUT2D eigenvalue weighted by molar-refractivity contribution is 0.574. The maximum Gasteiger partial charge on any atom is 0.0739 e. The maximum absolute atomic E-state index is 2.56. The van der Waals surface area contributed by atoms with Gasteiger partial charge in [0.15, 0.2) is 0 Å². The van der Waals surface area contributed by atoms with Gasteiger partial charge >= 0.3 is 0 Å². The normalized spacial score (nSPS) is 14.8. The van der Waals surface area contributed by atoms with Gasteiger partial charge in [-0.15, -0.1) is 0 Å². The van der Waals surface area contributed by atoms with E-state index in [0.717, 1.165) is 13.1 Å². The van der Waals surface area contributed by atoms with Gasteiger partial charge in [0, 0.05) is 45.7 Å². The molecule has 1 aliphatic rings. The molecule has 0 saturated carbocycles. The van der Waals surface area contributed by atoms with Crippen molar-refractivity contribution < 1.29 is 0 Å². The van der Waals surface area contributed by atoms with Gasteiger partial charge in [-0.05, 0) is 25.0 Å². The Morgan fingerprint density at radius 1 is 0.500 bits per heavy atom. The molecular formula is C22H18N2. The predicted octanol–water partition coefficient (Wildman–Crippen LogP) is 5.70. The van der Waals surface area contributed by atoms with Crippen LogP contribution in [0.25, 0.3) is 43.6 Å². The third-order valence-electron chi connectivity index (χ3n) is 5.67. The van der Waals surface area contributed by atoms with Crippen molar-refractivity contribution in [3.05, 3.63) is 60.7 Å². The van der Waals surface area contributed by atoms with Crippen LogP contribution in [0.2, 0.25) is 0 Å². The van der Waals surface area contributed by atoms with Crippen molar-refractivity contribution in [1.29, 1.82) is 0 Å². The smallest absolute Gasteiger partial charge is 0.0739 e. The molecular weight excluding hydrogens is 292 g/mol. The first-order valence-electron chi connectivity index (χ1n) is 8.84. The van der Waals surface area contributed by atoms with Gasteiger partial charge in [-0.2, -0.15) is 0 Å². The third-order valence-corrected chi connectivity index (χ3v) is 5.67. The highest BCUT2D eigenvalue weighted by molar-refractivity contribution is 6.22. The van der Waals surface area contributed by atoms with Crippen molar-refractivity contribution in [2.24, 2.45) is 0 Å². The largest absolute Gasteiger partial charge is 0.339 e. The van der Waals surface area contributed by atoms with Crippen LogP contribution in [-0.2, 0) is 13.1 Å². The Balaban J connectivity index is 1.99. The lowest BCUT2D eigenvalue weighted by atomic mass is 10.1. The summed E-state index contributed by atoms with van der Waals surface area (Å²) in [5.41, 5.74) is 5.59. The van der Waals surface area contributed by atoms with Gasteiger partial charge in [0.25, 0.3) is 0 Å². The molecule has 116 valence electrons. The monoisotopic (exact) mass is 310 g/mol. The molecule has 2 heteroatoms. The molecule has 5 aromatic rings. The zero-order valence-electron chi connectivity index (χ0n) is 13.5. The van der Waals surface area contributed by atoms with Gasteiger partial charge in [0.1, 0.15) is 0 Å². The third kappa shape index (κ3) is 1.42. The molecule has 0 aliphatic carbocycles. The first-order chi connectivity index (χ1) is 11.9. The van der Waals surface area contributed by atoms with Crippen LogP contribution in [0, 0.1) is 0 Å². The van der Waals surface area contributed by atoms with E-state index in [4.69, 9.17) is 0 Å². The van der Waals surface area contributed by atoms with Crippen LogP contribution in [0.5, 0.6) is 0 Å². The summed E-state index contributed by atoms with van der Waals surface area (Å²) < 4.78 is 5.11. The number of hydrogen-bond acceptors (Lipinski definition) is 0. The molecule has 0 saturated heterocycles. The molecule has 2 nitrogen and oxygen atoms in total. The van der Waals surface area contributed by atoms with Crippen molar-refractivity contribution in [3.63, 3.8) is 0 Å². The number of benzene rings is 3. The number of fused-ring (bicyclic) bond motifs is 6. The van der Waals surface area contributed by atoms with Crippen LogP contribution < -0.4 is 0 Å². The molecule has 0 fully saturated rings. The minimum atomic E-state index is 1.12. The van der Waals surface area contributed by atoms with Gasteiger partial charge in [-0.3, -0.25) is 0 Å². The Hall–Kier alpha value is -2.74. The van der Waals surface area contributed by atoms with E-state index in [2.05, 4.69) is 69.8 Å². The summed E-state index contributed by atoms with van der Waals surface area (Å²) >= 11 is 0. The summed E-state index contributed by atoms with van der Waals surface area (Å²) in [5, 5.41) is 5.55. The zero-order chi connectivity index (χ0) is 15.7. The second kappa shape index (κ2) is 4.41. The summed E-state index contributed by atoms with van der Waals surface area (Å²) in [6.07, 6.45) is 2.46. The highest BCUT2D eigenvalue weighted by Gasteiger charge is 2.20. The number of nitrogens with zero attached hydrogens (tertiary/aromatic N) is 2. The SMILES string of the molecule is c1ccc2c(c1)c1ccc3c4ccccc4n4c3c1n2CCCC4. The predicted molar refractivity (Wildman–Crippen MR) is 102 cm³/mol. The highest BCUT2D eigenvalue weighted by atomic mass is 15.0. The Labute approximate surface area is 139 Å². The van der Waals surface area contributed by atoms with Crippen molar-refractivity contribution in [2.75, 3.05) is 0 Å². The molecule has 0 amide bonds. The van der Waals surface area contributed by atoms with Gasteiger partial charge in [0.05, 0.1) is 11.0 Å². The summed E-state index contributed by atoms with van der Waals surface area (Å²) in [6, 6.07) is 22.4. The van der Waals surface area contributed by atoms with E-state index < -0.39 is 0 Å². The quantitative estimate of drug-likeness (QED) is 0.347. The number of aryl methyl sites for hydroxylation is 2.